The zero-order chi connectivity index (χ0) is 28.2. The van der Waals surface area contributed by atoms with Crippen molar-refractivity contribution >= 4 is 46.6 Å². The van der Waals surface area contributed by atoms with E-state index in [-0.39, 0.29) is 6.04 Å². The Bertz CT molecular complexity index is 925. The average Bonchev–Trinajstić information content (AvgIpc) is 2.92. The number of hydrogen-bond donors (Lipinski definition) is 2. The minimum absolute atomic E-state index is 0.0448. The number of rotatable bonds is 16. The summed E-state index contributed by atoms with van der Waals surface area (Å²) >= 11 is 11.4. The van der Waals surface area contributed by atoms with Crippen LogP contribution in [0.2, 0.25) is 5.02 Å². The van der Waals surface area contributed by atoms with Crippen LogP contribution in [-0.2, 0) is 4.79 Å². The summed E-state index contributed by atoms with van der Waals surface area (Å²) in [6, 6.07) is 15.4. The predicted molar refractivity (Wildman–Crippen MR) is 168 cm³/mol. The molecule has 0 amide bonds. The van der Waals surface area contributed by atoms with Gasteiger partial charge in [0.2, 0.25) is 0 Å². The summed E-state index contributed by atoms with van der Waals surface area (Å²) < 4.78 is 5.52. The van der Waals surface area contributed by atoms with Crippen molar-refractivity contribution in [2.24, 2.45) is 0 Å². The maximum absolute atomic E-state index is 11.1. The molecule has 1 atom stereocenters. The molecule has 0 spiro atoms. The highest BCUT2D eigenvalue weighted by Gasteiger charge is 2.21. The smallest absolute Gasteiger partial charge is 0.180 e. The zero-order valence-corrected chi connectivity index (χ0v) is 25.0. The van der Waals surface area contributed by atoms with Crippen molar-refractivity contribution in [2.75, 3.05) is 43.5 Å². The number of carbonyl (C=O) groups is 1. The molecule has 1 unspecified atom stereocenters. The number of nitrogens with one attached hydrogen (secondary N) is 2. The Balaban J connectivity index is 0.000000671. The van der Waals surface area contributed by atoms with Crippen molar-refractivity contribution in [3.05, 3.63) is 66.3 Å². The first kappa shape index (κ1) is 33.4. The summed E-state index contributed by atoms with van der Waals surface area (Å²) in [5.74, 6) is 0.828. The van der Waals surface area contributed by atoms with E-state index >= 15 is 0 Å². The van der Waals surface area contributed by atoms with Crippen LogP contribution >= 0.6 is 23.8 Å². The van der Waals surface area contributed by atoms with Gasteiger partial charge >= 0.3 is 0 Å². The van der Waals surface area contributed by atoms with Crippen molar-refractivity contribution in [1.82, 2.24) is 10.2 Å². The lowest BCUT2D eigenvalue weighted by Gasteiger charge is -2.35. The topological polar surface area (TPSA) is 56.8 Å². The van der Waals surface area contributed by atoms with E-state index in [1.54, 1.807) is 6.20 Å². The maximum atomic E-state index is 11.1. The highest BCUT2D eigenvalue weighted by Crippen LogP contribution is 2.22. The molecule has 0 heterocycles. The molecule has 38 heavy (non-hydrogen) atoms. The van der Waals surface area contributed by atoms with Gasteiger partial charge in [-0.05, 0) is 107 Å². The standard InChI is InChI=1S/C23H37N3O2S.C7H8ClN/c1-5-16-24-17-9-8-10-18-26(20(4)15-19-27)23(29)25(6-2)21-11-13-22(14-12-21)28-7-3;1-9-7-4-2-6(8)3-5-7/h6,11-14,19-20,24H,2,5,7-10,15-18H2,1,3-4H3;2-5,9H,1H3. The fraction of sp³-hybridized carbons (Fsp3) is 0.467. The molecule has 0 saturated heterocycles. The van der Waals surface area contributed by atoms with Crippen LogP contribution < -0.4 is 20.3 Å². The maximum Gasteiger partial charge on any atom is 0.180 e. The van der Waals surface area contributed by atoms with E-state index < -0.39 is 0 Å². The van der Waals surface area contributed by atoms with Crippen molar-refractivity contribution in [3.63, 3.8) is 0 Å². The van der Waals surface area contributed by atoms with E-state index in [1.807, 2.05) is 74.3 Å². The lowest BCUT2D eigenvalue weighted by Crippen LogP contribution is -2.46. The molecule has 2 N–H and O–H groups in total. The lowest BCUT2D eigenvalue weighted by molar-refractivity contribution is -0.108. The van der Waals surface area contributed by atoms with Gasteiger partial charge in [-0.2, -0.15) is 0 Å². The Hall–Kier alpha value is -2.61. The first-order valence-electron chi connectivity index (χ1n) is 13.4. The molecular formula is C30H45ClN4O2S. The summed E-state index contributed by atoms with van der Waals surface area (Å²) in [7, 11) is 1.88. The van der Waals surface area contributed by atoms with Crippen LogP contribution in [0.15, 0.2) is 61.3 Å². The van der Waals surface area contributed by atoms with Gasteiger partial charge in [0.1, 0.15) is 12.0 Å². The Labute approximate surface area is 240 Å². The predicted octanol–water partition coefficient (Wildman–Crippen LogP) is 7.15. The second kappa shape index (κ2) is 20.4. The number of benzene rings is 2. The third-order valence-corrected chi connectivity index (χ3v) is 6.53. The molecule has 0 bridgehead atoms. The minimum atomic E-state index is 0.0448. The Morgan fingerprint density at radius 2 is 1.76 bits per heavy atom. The van der Waals surface area contributed by atoms with Gasteiger partial charge in [-0.15, -0.1) is 0 Å². The monoisotopic (exact) mass is 560 g/mol. The summed E-state index contributed by atoms with van der Waals surface area (Å²) in [5.41, 5.74) is 2.01. The van der Waals surface area contributed by atoms with E-state index in [0.29, 0.717) is 18.1 Å². The fourth-order valence-corrected chi connectivity index (χ4v) is 4.28. The van der Waals surface area contributed by atoms with E-state index in [9.17, 15) is 4.79 Å². The first-order valence-corrected chi connectivity index (χ1v) is 14.2. The van der Waals surface area contributed by atoms with Gasteiger partial charge in [-0.3, -0.25) is 4.90 Å². The zero-order valence-electron chi connectivity index (χ0n) is 23.4. The molecule has 2 rings (SSSR count). The average molecular weight is 561 g/mol. The van der Waals surface area contributed by atoms with E-state index in [0.717, 1.165) is 73.8 Å². The molecule has 0 aliphatic rings. The largest absolute Gasteiger partial charge is 0.494 e. The molecule has 0 saturated carbocycles. The Morgan fingerprint density at radius 3 is 2.32 bits per heavy atom. The molecule has 0 radical (unpaired) electrons. The second-order valence-corrected chi connectivity index (χ2v) is 9.58. The Morgan fingerprint density at radius 1 is 1.08 bits per heavy atom. The van der Waals surface area contributed by atoms with Gasteiger partial charge in [0.05, 0.1) is 6.61 Å². The molecule has 2 aromatic carbocycles. The molecule has 2 aromatic rings. The van der Waals surface area contributed by atoms with Crippen molar-refractivity contribution in [1.29, 1.82) is 0 Å². The van der Waals surface area contributed by atoms with Gasteiger partial charge in [0.15, 0.2) is 5.11 Å². The minimum Gasteiger partial charge on any atom is -0.494 e. The highest BCUT2D eigenvalue weighted by molar-refractivity contribution is 7.80. The lowest BCUT2D eigenvalue weighted by atomic mass is 10.1. The number of anilines is 2. The quantitative estimate of drug-likeness (QED) is 0.128. The van der Waals surface area contributed by atoms with E-state index in [1.165, 1.54) is 0 Å². The van der Waals surface area contributed by atoms with Crippen LogP contribution in [0.1, 0.15) is 52.9 Å². The van der Waals surface area contributed by atoms with Crippen LogP contribution in [0.3, 0.4) is 0 Å². The highest BCUT2D eigenvalue weighted by atomic mass is 35.5. The molecule has 0 aliphatic carbocycles. The number of ether oxygens (including phenoxy) is 1. The van der Waals surface area contributed by atoms with Gasteiger partial charge in [-0.1, -0.05) is 31.5 Å². The van der Waals surface area contributed by atoms with Gasteiger partial charge in [0, 0.05) is 48.7 Å². The number of aldehydes is 1. The number of thiocarbonyl (C=S) groups is 1. The molecule has 8 heteroatoms. The summed E-state index contributed by atoms with van der Waals surface area (Å²) in [4.78, 5) is 15.1. The number of unbranched alkanes of at least 4 members (excludes halogenated alkanes) is 2. The molecule has 6 nitrogen and oxygen atoms in total. The van der Waals surface area contributed by atoms with Crippen LogP contribution in [0.5, 0.6) is 5.75 Å². The molecule has 0 aromatic heterocycles. The molecule has 0 aliphatic heterocycles. The summed E-state index contributed by atoms with van der Waals surface area (Å²) in [6.07, 6.45) is 7.61. The number of hydrogen-bond acceptors (Lipinski definition) is 5. The second-order valence-electron chi connectivity index (χ2n) is 8.77. The van der Waals surface area contributed by atoms with Crippen molar-refractivity contribution in [2.45, 2.75) is 58.9 Å². The normalized spacial score (nSPS) is 11.0. The van der Waals surface area contributed by atoms with Gasteiger partial charge < -0.3 is 25.1 Å². The molecule has 0 fully saturated rings. The fourth-order valence-electron chi connectivity index (χ4n) is 3.70. The van der Waals surface area contributed by atoms with Crippen LogP contribution in [0.25, 0.3) is 0 Å². The number of halogens is 1. The number of nitrogens with zero attached hydrogens (tertiary/aromatic N) is 2. The summed E-state index contributed by atoms with van der Waals surface area (Å²) in [5, 5.41) is 7.87. The number of carbonyl (C=O) groups excluding carboxylic acids is 1. The molecule has 210 valence electrons. The van der Waals surface area contributed by atoms with Gasteiger partial charge in [0.25, 0.3) is 0 Å². The summed E-state index contributed by atoms with van der Waals surface area (Å²) in [6.45, 7) is 13.7. The van der Waals surface area contributed by atoms with Crippen LogP contribution in [-0.4, -0.2) is 55.6 Å². The third-order valence-electron chi connectivity index (χ3n) is 5.84. The SMILES string of the molecule is C=CN(C(=S)N(CCCCCNCCC)C(C)CC=O)c1ccc(OCC)cc1.CNc1ccc(Cl)cc1. The third kappa shape index (κ3) is 12.8. The first-order chi connectivity index (χ1) is 18.4. The van der Waals surface area contributed by atoms with Crippen molar-refractivity contribution < 1.29 is 9.53 Å². The van der Waals surface area contributed by atoms with Gasteiger partial charge in [-0.25, -0.2) is 0 Å². The molecular weight excluding hydrogens is 516 g/mol. The van der Waals surface area contributed by atoms with Crippen LogP contribution in [0, 0.1) is 0 Å². The van der Waals surface area contributed by atoms with E-state index in [2.05, 4.69) is 29.0 Å². The van der Waals surface area contributed by atoms with Crippen LogP contribution in [0.4, 0.5) is 11.4 Å². The van der Waals surface area contributed by atoms with E-state index in [4.69, 9.17) is 28.6 Å². The van der Waals surface area contributed by atoms with Crippen molar-refractivity contribution in [3.8, 4) is 5.75 Å². The Kier molecular flexibility index (Phi) is 17.9.